The lowest BCUT2D eigenvalue weighted by Crippen LogP contribution is -2.57. The van der Waals surface area contributed by atoms with E-state index in [0.29, 0.717) is 37.6 Å². The van der Waals surface area contributed by atoms with Crippen molar-refractivity contribution in [2.75, 3.05) is 27.4 Å². The summed E-state index contributed by atoms with van der Waals surface area (Å²) in [5, 5.41) is 0. The minimum atomic E-state index is -0.831. The molecule has 0 aromatic heterocycles. The SMILES string of the molecule is COCCCOc1cc(C[C@@H](C[C@H]2[C@@H](OC(=O)OC(C)(C)C)CCC(=O)N2C(=O)OC(C)(C)C)C(C)C)ccc1OC. The Morgan fingerprint density at radius 2 is 1.64 bits per heavy atom. The first-order valence-corrected chi connectivity index (χ1v) is 14.8. The summed E-state index contributed by atoms with van der Waals surface area (Å²) < 4.78 is 33.4. The van der Waals surface area contributed by atoms with Gasteiger partial charge in [-0.15, -0.1) is 0 Å². The molecule has 1 aromatic carbocycles. The number of nitrogens with zero attached hydrogens (tertiary/aromatic N) is 1. The predicted molar refractivity (Wildman–Crippen MR) is 159 cm³/mol. The minimum absolute atomic E-state index is 0.0188. The lowest BCUT2D eigenvalue weighted by molar-refractivity contribution is -0.143. The molecule has 238 valence electrons. The summed E-state index contributed by atoms with van der Waals surface area (Å²) in [4.78, 5) is 40.4. The molecule has 0 N–H and O–H groups in total. The van der Waals surface area contributed by atoms with E-state index in [2.05, 4.69) is 13.8 Å². The van der Waals surface area contributed by atoms with Crippen molar-refractivity contribution in [2.24, 2.45) is 11.8 Å². The van der Waals surface area contributed by atoms with Gasteiger partial charge in [-0.2, -0.15) is 0 Å². The van der Waals surface area contributed by atoms with Crippen LogP contribution in [0.4, 0.5) is 9.59 Å². The van der Waals surface area contributed by atoms with E-state index >= 15 is 0 Å². The van der Waals surface area contributed by atoms with Crippen LogP contribution in [-0.4, -0.2) is 73.8 Å². The Bertz CT molecular complexity index is 1040. The first-order valence-electron chi connectivity index (χ1n) is 14.8. The molecule has 0 saturated carbocycles. The van der Waals surface area contributed by atoms with Crippen molar-refractivity contribution < 1.29 is 42.8 Å². The van der Waals surface area contributed by atoms with E-state index in [0.717, 1.165) is 16.9 Å². The van der Waals surface area contributed by atoms with Crippen molar-refractivity contribution in [2.45, 2.75) is 111 Å². The van der Waals surface area contributed by atoms with E-state index < -0.39 is 35.6 Å². The Morgan fingerprint density at radius 1 is 0.976 bits per heavy atom. The van der Waals surface area contributed by atoms with Crippen LogP contribution in [0.1, 0.15) is 86.6 Å². The summed E-state index contributed by atoms with van der Waals surface area (Å²) in [6.07, 6.45) is -0.174. The Kier molecular flexibility index (Phi) is 13.0. The normalized spacial score (nSPS) is 18.5. The van der Waals surface area contributed by atoms with Crippen molar-refractivity contribution in [1.29, 1.82) is 0 Å². The molecule has 0 radical (unpaired) electrons. The fourth-order valence-corrected chi connectivity index (χ4v) is 4.82. The topological polar surface area (TPSA) is 110 Å². The van der Waals surface area contributed by atoms with Gasteiger partial charge < -0.3 is 28.4 Å². The molecule has 2 rings (SSSR count). The maximum absolute atomic E-state index is 13.3. The lowest BCUT2D eigenvalue weighted by atomic mass is 9.81. The number of piperidine rings is 1. The van der Waals surface area contributed by atoms with Gasteiger partial charge in [0, 0.05) is 26.6 Å². The number of ether oxygens (including phenoxy) is 6. The molecule has 1 aliphatic rings. The minimum Gasteiger partial charge on any atom is -0.493 e. The number of rotatable bonds is 12. The summed E-state index contributed by atoms with van der Waals surface area (Å²) in [5.41, 5.74) is -0.534. The molecule has 42 heavy (non-hydrogen) atoms. The quantitative estimate of drug-likeness (QED) is 0.196. The standard InChI is InChI=1S/C32H51NO9/c1-21(2)23(18-22-12-13-26(38-10)27(19-22)39-17-11-16-37-9)20-24-25(40-30(36)42-32(6,7)8)14-15-28(34)33(24)29(35)41-31(3,4)5/h12-13,19,21,23-25H,11,14-18,20H2,1-10H3/t23-,24-,25-/m0/s1. The Balaban J connectivity index is 2.38. The van der Waals surface area contributed by atoms with E-state index in [1.807, 2.05) is 18.2 Å². The third-order valence-corrected chi connectivity index (χ3v) is 6.86. The van der Waals surface area contributed by atoms with Crippen LogP contribution in [0.5, 0.6) is 11.5 Å². The highest BCUT2D eigenvalue weighted by Gasteiger charge is 2.45. The predicted octanol–water partition coefficient (Wildman–Crippen LogP) is 6.56. The van der Waals surface area contributed by atoms with E-state index in [1.165, 1.54) is 0 Å². The molecule has 2 amide bonds. The zero-order valence-corrected chi connectivity index (χ0v) is 27.1. The largest absolute Gasteiger partial charge is 0.509 e. The molecule has 1 aliphatic heterocycles. The number of hydrogen-bond donors (Lipinski definition) is 0. The molecular formula is C32H51NO9. The van der Waals surface area contributed by atoms with E-state index in [-0.39, 0.29) is 30.6 Å². The van der Waals surface area contributed by atoms with Gasteiger partial charge in [0.05, 0.1) is 19.8 Å². The molecule has 0 bridgehead atoms. The number of likely N-dealkylation sites (tertiary alicyclic amines) is 1. The van der Waals surface area contributed by atoms with Crippen LogP contribution in [0.3, 0.4) is 0 Å². The second-order valence-corrected chi connectivity index (χ2v) is 13.1. The Labute approximate surface area is 251 Å². The first-order chi connectivity index (χ1) is 19.5. The van der Waals surface area contributed by atoms with Crippen LogP contribution in [0.2, 0.25) is 0 Å². The van der Waals surface area contributed by atoms with Gasteiger partial charge in [-0.3, -0.25) is 4.79 Å². The molecule has 1 aromatic rings. The van der Waals surface area contributed by atoms with Crippen molar-refractivity contribution >= 4 is 18.2 Å². The van der Waals surface area contributed by atoms with Gasteiger partial charge in [-0.1, -0.05) is 19.9 Å². The van der Waals surface area contributed by atoms with E-state index in [4.69, 9.17) is 28.4 Å². The van der Waals surface area contributed by atoms with Gasteiger partial charge in [0.1, 0.15) is 17.3 Å². The molecular weight excluding hydrogens is 542 g/mol. The highest BCUT2D eigenvalue weighted by atomic mass is 16.7. The van der Waals surface area contributed by atoms with Gasteiger partial charge in [0.25, 0.3) is 0 Å². The second kappa shape index (κ2) is 15.5. The molecule has 1 saturated heterocycles. The zero-order chi connectivity index (χ0) is 31.7. The van der Waals surface area contributed by atoms with Crippen LogP contribution < -0.4 is 9.47 Å². The number of hydrogen-bond acceptors (Lipinski definition) is 9. The molecule has 0 spiro atoms. The highest BCUT2D eigenvalue weighted by molar-refractivity contribution is 5.93. The number of carbonyl (C=O) groups excluding carboxylic acids is 3. The highest BCUT2D eigenvalue weighted by Crippen LogP contribution is 2.35. The number of carbonyl (C=O) groups is 3. The van der Waals surface area contributed by atoms with Crippen LogP contribution in [0, 0.1) is 11.8 Å². The zero-order valence-electron chi connectivity index (χ0n) is 27.1. The number of methoxy groups -OCH3 is 2. The third kappa shape index (κ3) is 11.3. The molecule has 0 unspecified atom stereocenters. The summed E-state index contributed by atoms with van der Waals surface area (Å²) in [6, 6.07) is 5.11. The van der Waals surface area contributed by atoms with Crippen LogP contribution in [0.15, 0.2) is 18.2 Å². The molecule has 1 heterocycles. The monoisotopic (exact) mass is 593 g/mol. The Hall–Kier alpha value is -3.01. The van der Waals surface area contributed by atoms with Crippen molar-refractivity contribution in [3.05, 3.63) is 23.8 Å². The average Bonchev–Trinajstić information content (AvgIpc) is 2.85. The smallest absolute Gasteiger partial charge is 0.493 e. The maximum Gasteiger partial charge on any atom is 0.509 e. The van der Waals surface area contributed by atoms with Crippen molar-refractivity contribution in [3.8, 4) is 11.5 Å². The maximum atomic E-state index is 13.3. The summed E-state index contributed by atoms with van der Waals surface area (Å²) in [5.74, 6) is 1.13. The second-order valence-electron chi connectivity index (χ2n) is 13.1. The first kappa shape index (κ1) is 35.2. The number of amides is 2. The third-order valence-electron chi connectivity index (χ3n) is 6.86. The van der Waals surface area contributed by atoms with Gasteiger partial charge in [0.2, 0.25) is 5.91 Å². The van der Waals surface area contributed by atoms with Gasteiger partial charge in [-0.25, -0.2) is 14.5 Å². The molecule has 1 fully saturated rings. The van der Waals surface area contributed by atoms with Crippen molar-refractivity contribution in [3.63, 3.8) is 0 Å². The summed E-state index contributed by atoms with van der Waals surface area (Å²) >= 11 is 0. The van der Waals surface area contributed by atoms with Crippen molar-refractivity contribution in [1.82, 2.24) is 4.90 Å². The number of imide groups is 1. The van der Waals surface area contributed by atoms with E-state index in [1.54, 1.807) is 55.8 Å². The number of benzene rings is 1. The van der Waals surface area contributed by atoms with Gasteiger partial charge >= 0.3 is 12.2 Å². The van der Waals surface area contributed by atoms with Crippen LogP contribution in [0.25, 0.3) is 0 Å². The van der Waals surface area contributed by atoms with Crippen LogP contribution in [-0.2, 0) is 30.2 Å². The fraction of sp³-hybridized carbons (Fsp3) is 0.719. The van der Waals surface area contributed by atoms with Gasteiger partial charge in [0.15, 0.2) is 11.5 Å². The molecule has 3 atom stereocenters. The molecule has 0 aliphatic carbocycles. The molecule has 10 heteroatoms. The van der Waals surface area contributed by atoms with E-state index in [9.17, 15) is 14.4 Å². The lowest BCUT2D eigenvalue weighted by Gasteiger charge is -2.41. The Morgan fingerprint density at radius 3 is 2.21 bits per heavy atom. The molecule has 10 nitrogen and oxygen atoms in total. The average molecular weight is 594 g/mol. The van der Waals surface area contributed by atoms with Crippen LogP contribution >= 0.6 is 0 Å². The summed E-state index contributed by atoms with van der Waals surface area (Å²) in [7, 11) is 3.25. The fourth-order valence-electron chi connectivity index (χ4n) is 4.82. The summed E-state index contributed by atoms with van der Waals surface area (Å²) in [6.45, 7) is 15.8. The van der Waals surface area contributed by atoms with Gasteiger partial charge in [-0.05, 0) is 90.3 Å².